The highest BCUT2D eigenvalue weighted by Gasteiger charge is 2.23. The lowest BCUT2D eigenvalue weighted by molar-refractivity contribution is 0.101. The van der Waals surface area contributed by atoms with E-state index in [1.54, 1.807) is 30.6 Å². The maximum Gasteiger partial charge on any atom is 0.224 e. The van der Waals surface area contributed by atoms with Crippen LogP contribution in [0.25, 0.3) is 10.5 Å². The summed E-state index contributed by atoms with van der Waals surface area (Å²) in [5, 5.41) is 14.7. The number of anilines is 3. The van der Waals surface area contributed by atoms with Gasteiger partial charge in [0, 0.05) is 24.0 Å². The van der Waals surface area contributed by atoms with Gasteiger partial charge in [0.2, 0.25) is 11.6 Å². The summed E-state index contributed by atoms with van der Waals surface area (Å²) in [6, 6.07) is 5.30. The molecule has 0 bridgehead atoms. The molecule has 158 valence electrons. The summed E-state index contributed by atoms with van der Waals surface area (Å²) in [6.07, 6.45) is 8.76. The van der Waals surface area contributed by atoms with E-state index in [4.69, 9.17) is 12.3 Å². The lowest BCUT2D eigenvalue weighted by atomic mass is 9.91. The maximum absolute atomic E-state index is 12.1. The van der Waals surface area contributed by atoms with Crippen molar-refractivity contribution in [2.75, 3.05) is 10.6 Å². The summed E-state index contributed by atoms with van der Waals surface area (Å²) in [5.74, 6) is 0.640. The summed E-state index contributed by atoms with van der Waals surface area (Å²) in [5.41, 5.74) is 8.17. The van der Waals surface area contributed by atoms with Crippen LogP contribution in [-0.2, 0) is 0 Å². The molecule has 2 aromatic heterocycles. The number of carbonyl (C=O) groups excluding carboxylic acids is 1. The number of benzene rings is 1. The molecule has 0 aliphatic heterocycles. The highest BCUT2D eigenvalue weighted by atomic mass is 16.1. The molecule has 0 saturated heterocycles. The van der Waals surface area contributed by atoms with Crippen molar-refractivity contribution >= 4 is 28.9 Å². The number of aromatic nitrogens is 5. The van der Waals surface area contributed by atoms with E-state index in [1.807, 2.05) is 0 Å². The fraction of sp³-hybridized carbons (Fsp3) is 0.333. The summed E-state index contributed by atoms with van der Waals surface area (Å²) >= 11 is 0. The molecular weight excluding hydrogens is 394 g/mol. The predicted molar refractivity (Wildman–Crippen MR) is 117 cm³/mol. The summed E-state index contributed by atoms with van der Waals surface area (Å²) in [7, 11) is 0. The normalized spacial score (nSPS) is 18.2. The van der Waals surface area contributed by atoms with Crippen LogP contribution in [0.3, 0.4) is 0 Å². The standard InChI is InChI=1S/C21H23N9O/c1-13(31)15-12-24-21(28-17-6-4-3-5-16(17)22)29-20(15)27-14-7-8-18(23-2)19(11-14)30-25-9-10-26-30/h7-12,16-17H,3-6,22H2,1H3,(H2,24,27,28,29)/t16-,17+/m0/s1. The summed E-state index contributed by atoms with van der Waals surface area (Å²) in [4.78, 5) is 25.9. The van der Waals surface area contributed by atoms with Crippen LogP contribution in [-0.4, -0.2) is 42.8 Å². The molecule has 4 rings (SSSR count). The van der Waals surface area contributed by atoms with Gasteiger partial charge in [0.1, 0.15) is 5.82 Å². The molecule has 0 unspecified atom stereocenters. The van der Waals surface area contributed by atoms with Gasteiger partial charge >= 0.3 is 0 Å². The van der Waals surface area contributed by atoms with Crippen molar-refractivity contribution < 1.29 is 4.79 Å². The smallest absolute Gasteiger partial charge is 0.224 e. The van der Waals surface area contributed by atoms with E-state index in [0.717, 1.165) is 25.7 Å². The highest BCUT2D eigenvalue weighted by molar-refractivity contribution is 5.99. The Kier molecular flexibility index (Phi) is 5.86. The second-order valence-electron chi connectivity index (χ2n) is 7.47. The molecule has 3 aromatic rings. The monoisotopic (exact) mass is 417 g/mol. The molecule has 1 aliphatic carbocycles. The fourth-order valence-corrected chi connectivity index (χ4v) is 3.64. The van der Waals surface area contributed by atoms with Crippen LogP contribution in [0.5, 0.6) is 0 Å². The van der Waals surface area contributed by atoms with Crippen molar-refractivity contribution in [3.8, 4) is 5.69 Å². The third-order valence-corrected chi connectivity index (χ3v) is 5.29. The van der Waals surface area contributed by atoms with Crippen LogP contribution in [0.15, 0.2) is 36.8 Å². The molecule has 0 amide bonds. The van der Waals surface area contributed by atoms with Gasteiger partial charge in [-0.2, -0.15) is 20.0 Å². The zero-order valence-corrected chi connectivity index (χ0v) is 17.1. The van der Waals surface area contributed by atoms with Gasteiger partial charge in [-0.3, -0.25) is 4.79 Å². The van der Waals surface area contributed by atoms with E-state index in [2.05, 4.69) is 35.6 Å². The molecule has 1 saturated carbocycles. The van der Waals surface area contributed by atoms with Gasteiger partial charge in [0.25, 0.3) is 0 Å². The van der Waals surface area contributed by atoms with E-state index in [-0.39, 0.29) is 17.9 Å². The first kappa shape index (κ1) is 20.4. The molecular formula is C21H23N9O. The van der Waals surface area contributed by atoms with Crippen LogP contribution in [0.2, 0.25) is 0 Å². The minimum atomic E-state index is -0.157. The van der Waals surface area contributed by atoms with Gasteiger partial charge in [0.05, 0.1) is 30.2 Å². The Morgan fingerprint density at radius 1 is 1.26 bits per heavy atom. The Hall–Kier alpha value is -3.84. The lowest BCUT2D eigenvalue weighted by Gasteiger charge is -2.29. The number of hydrogen-bond donors (Lipinski definition) is 3. The molecule has 31 heavy (non-hydrogen) atoms. The van der Waals surface area contributed by atoms with E-state index in [1.165, 1.54) is 17.9 Å². The number of ketones is 1. The Morgan fingerprint density at radius 2 is 2.03 bits per heavy atom. The zero-order valence-electron chi connectivity index (χ0n) is 17.1. The van der Waals surface area contributed by atoms with Crippen molar-refractivity contribution in [3.63, 3.8) is 0 Å². The van der Waals surface area contributed by atoms with Crippen LogP contribution in [0.4, 0.5) is 23.1 Å². The molecule has 1 fully saturated rings. The average Bonchev–Trinajstić information content (AvgIpc) is 3.30. The number of nitrogens with two attached hydrogens (primary N) is 1. The quantitative estimate of drug-likeness (QED) is 0.412. The van der Waals surface area contributed by atoms with E-state index in [9.17, 15) is 4.79 Å². The van der Waals surface area contributed by atoms with Crippen LogP contribution < -0.4 is 16.4 Å². The molecule has 0 spiro atoms. The van der Waals surface area contributed by atoms with Crippen molar-refractivity contribution in [2.24, 2.45) is 5.73 Å². The molecule has 10 heteroatoms. The van der Waals surface area contributed by atoms with Crippen LogP contribution >= 0.6 is 0 Å². The van der Waals surface area contributed by atoms with Gasteiger partial charge in [-0.05, 0) is 31.9 Å². The molecule has 2 atom stereocenters. The molecule has 2 heterocycles. The van der Waals surface area contributed by atoms with Gasteiger partial charge in [-0.15, -0.1) is 0 Å². The number of rotatable bonds is 6. The number of Topliss-reactive ketones (excluding diaryl/α,β-unsaturated/α-hetero) is 1. The summed E-state index contributed by atoms with van der Waals surface area (Å²) in [6.45, 7) is 8.86. The molecule has 4 N–H and O–H groups in total. The minimum Gasteiger partial charge on any atom is -0.350 e. The Bertz CT molecular complexity index is 1120. The Labute approximate surface area is 179 Å². The number of hydrogen-bond acceptors (Lipinski definition) is 8. The Morgan fingerprint density at radius 3 is 2.74 bits per heavy atom. The van der Waals surface area contributed by atoms with Crippen molar-refractivity contribution in [1.29, 1.82) is 0 Å². The Balaban J connectivity index is 1.64. The molecule has 1 aromatic carbocycles. The van der Waals surface area contributed by atoms with Crippen LogP contribution in [0.1, 0.15) is 43.0 Å². The third kappa shape index (κ3) is 4.51. The van der Waals surface area contributed by atoms with Crippen molar-refractivity contribution in [3.05, 3.63) is 53.8 Å². The lowest BCUT2D eigenvalue weighted by Crippen LogP contribution is -2.43. The predicted octanol–water partition coefficient (Wildman–Crippen LogP) is 3.24. The summed E-state index contributed by atoms with van der Waals surface area (Å²) < 4.78 is 0. The van der Waals surface area contributed by atoms with Gasteiger partial charge in [-0.25, -0.2) is 9.83 Å². The van der Waals surface area contributed by atoms with Crippen LogP contribution in [0, 0.1) is 6.57 Å². The second-order valence-corrected chi connectivity index (χ2v) is 7.47. The first-order valence-corrected chi connectivity index (χ1v) is 10.1. The first-order chi connectivity index (χ1) is 15.0. The molecule has 0 radical (unpaired) electrons. The van der Waals surface area contributed by atoms with Gasteiger partial charge < -0.3 is 16.4 Å². The van der Waals surface area contributed by atoms with E-state index >= 15 is 0 Å². The molecule has 10 nitrogen and oxygen atoms in total. The van der Waals surface area contributed by atoms with E-state index < -0.39 is 0 Å². The number of nitrogens with zero attached hydrogens (tertiary/aromatic N) is 6. The average molecular weight is 417 g/mol. The number of nitrogens with one attached hydrogen (secondary N) is 2. The fourth-order valence-electron chi connectivity index (χ4n) is 3.64. The third-order valence-electron chi connectivity index (χ3n) is 5.29. The minimum absolute atomic E-state index is 0.0477. The molecule has 1 aliphatic rings. The first-order valence-electron chi connectivity index (χ1n) is 10.1. The zero-order chi connectivity index (χ0) is 21.8. The maximum atomic E-state index is 12.1. The number of carbonyl (C=O) groups is 1. The second kappa shape index (κ2) is 8.89. The highest BCUT2D eigenvalue weighted by Crippen LogP contribution is 2.29. The van der Waals surface area contributed by atoms with E-state index in [0.29, 0.717) is 34.4 Å². The van der Waals surface area contributed by atoms with Gasteiger partial charge in [-0.1, -0.05) is 18.9 Å². The van der Waals surface area contributed by atoms with Gasteiger partial charge in [0.15, 0.2) is 5.78 Å². The largest absolute Gasteiger partial charge is 0.350 e. The SMILES string of the molecule is [C-]#[N+]c1ccc(Nc2nc(N[C@@H]3CCCC[C@@H]3N)ncc2C(C)=O)cc1-n1nccn1. The topological polar surface area (TPSA) is 128 Å². The van der Waals surface area contributed by atoms with Crippen molar-refractivity contribution in [1.82, 2.24) is 25.0 Å². The van der Waals surface area contributed by atoms with Crippen molar-refractivity contribution in [2.45, 2.75) is 44.7 Å².